The minimum absolute atomic E-state index is 0.221. The Kier molecular flexibility index (Phi) is 6.76. The molecule has 6 heteroatoms. The highest BCUT2D eigenvalue weighted by atomic mass is 16.5. The lowest BCUT2D eigenvalue weighted by Crippen LogP contribution is -2.45. The molecular weight excluding hydrogens is 356 g/mol. The van der Waals surface area contributed by atoms with Gasteiger partial charge < -0.3 is 24.8 Å². The molecule has 2 aromatic rings. The van der Waals surface area contributed by atoms with Crippen LogP contribution in [0.4, 0.5) is 10.5 Å². The number of nitrogens with one attached hydrogen (secondary N) is 2. The van der Waals surface area contributed by atoms with Gasteiger partial charge in [-0.25, -0.2) is 4.79 Å². The number of para-hydroxylation sites is 3. The average Bonchev–Trinajstić information content (AvgIpc) is 2.74. The molecule has 1 aliphatic rings. The number of ether oxygens (including phenoxy) is 3. The molecule has 6 nitrogen and oxygen atoms in total. The van der Waals surface area contributed by atoms with Gasteiger partial charge in [-0.1, -0.05) is 30.3 Å². The zero-order chi connectivity index (χ0) is 19.8. The van der Waals surface area contributed by atoms with Crippen LogP contribution in [0.15, 0.2) is 48.5 Å². The van der Waals surface area contributed by atoms with Gasteiger partial charge in [0.1, 0.15) is 11.5 Å². The summed E-state index contributed by atoms with van der Waals surface area (Å²) < 4.78 is 16.7. The lowest BCUT2D eigenvalue weighted by molar-refractivity contribution is 0.0500. The van der Waals surface area contributed by atoms with E-state index in [-0.39, 0.29) is 11.4 Å². The van der Waals surface area contributed by atoms with Gasteiger partial charge in [0.2, 0.25) is 0 Å². The number of carbonyl (C=O) groups excluding carboxylic acids is 1. The number of hydrogen-bond donors (Lipinski definition) is 2. The molecule has 0 saturated carbocycles. The van der Waals surface area contributed by atoms with Gasteiger partial charge in [0.15, 0.2) is 0 Å². The van der Waals surface area contributed by atoms with Crippen molar-refractivity contribution >= 4 is 11.7 Å². The Hall–Kier alpha value is -2.73. The number of urea groups is 1. The maximum absolute atomic E-state index is 12.6. The van der Waals surface area contributed by atoms with Crippen LogP contribution in [0.5, 0.6) is 11.5 Å². The molecule has 0 aromatic heterocycles. The van der Waals surface area contributed by atoms with E-state index in [9.17, 15) is 4.79 Å². The Morgan fingerprint density at radius 2 is 1.75 bits per heavy atom. The van der Waals surface area contributed by atoms with E-state index in [0.29, 0.717) is 37.8 Å². The number of rotatable bonds is 7. The van der Waals surface area contributed by atoms with E-state index in [2.05, 4.69) is 16.7 Å². The molecule has 2 amide bonds. The summed E-state index contributed by atoms with van der Waals surface area (Å²) in [6.07, 6.45) is 1.65. The van der Waals surface area contributed by atoms with E-state index in [0.717, 1.165) is 24.2 Å². The van der Waals surface area contributed by atoms with Crippen molar-refractivity contribution in [3.63, 3.8) is 0 Å². The Balaban J connectivity index is 1.73. The maximum atomic E-state index is 12.6. The molecule has 1 heterocycles. The van der Waals surface area contributed by atoms with E-state index < -0.39 is 0 Å². The quantitative estimate of drug-likeness (QED) is 0.758. The molecule has 2 aromatic carbocycles. The van der Waals surface area contributed by atoms with Gasteiger partial charge in [0.25, 0.3) is 0 Å². The third-order valence-corrected chi connectivity index (χ3v) is 5.15. The van der Waals surface area contributed by atoms with Crippen LogP contribution in [0, 0.1) is 0 Å². The van der Waals surface area contributed by atoms with Gasteiger partial charge in [-0.3, -0.25) is 0 Å². The summed E-state index contributed by atoms with van der Waals surface area (Å²) in [6.45, 7) is 4.28. The van der Waals surface area contributed by atoms with Gasteiger partial charge in [-0.05, 0) is 38.0 Å². The van der Waals surface area contributed by atoms with Crippen LogP contribution in [0.3, 0.4) is 0 Å². The van der Waals surface area contributed by atoms with Crippen molar-refractivity contribution in [3.05, 3.63) is 54.1 Å². The van der Waals surface area contributed by atoms with Gasteiger partial charge in [0.05, 0.1) is 19.4 Å². The summed E-state index contributed by atoms with van der Waals surface area (Å²) >= 11 is 0. The molecule has 1 saturated heterocycles. The summed E-state index contributed by atoms with van der Waals surface area (Å²) in [4.78, 5) is 12.6. The van der Waals surface area contributed by atoms with Crippen LogP contribution < -0.4 is 20.1 Å². The molecule has 1 fully saturated rings. The van der Waals surface area contributed by atoms with Crippen molar-refractivity contribution < 1.29 is 19.0 Å². The first-order valence-corrected chi connectivity index (χ1v) is 9.66. The SMILES string of the molecule is CCOc1ccccc1NC(=O)NCC1(c2ccccc2OC)CCOCC1. The summed E-state index contributed by atoms with van der Waals surface area (Å²) in [6, 6.07) is 15.2. The van der Waals surface area contributed by atoms with Crippen LogP contribution in [0.2, 0.25) is 0 Å². The smallest absolute Gasteiger partial charge is 0.319 e. The Bertz CT molecular complexity index is 788. The van der Waals surface area contributed by atoms with E-state index in [4.69, 9.17) is 14.2 Å². The second kappa shape index (κ2) is 9.46. The predicted octanol–water partition coefficient (Wildman–Crippen LogP) is 3.96. The Labute approximate surface area is 166 Å². The fourth-order valence-electron chi connectivity index (χ4n) is 3.65. The standard InChI is InChI=1S/C22H28N2O4/c1-3-28-20-11-7-5-9-18(20)24-21(25)23-16-22(12-14-27-15-13-22)17-8-4-6-10-19(17)26-2/h4-11H,3,12-16H2,1-2H3,(H2,23,24,25). The molecule has 0 spiro atoms. The summed E-state index contributed by atoms with van der Waals surface area (Å²) in [5.41, 5.74) is 1.54. The minimum atomic E-state index is -0.257. The lowest BCUT2D eigenvalue weighted by atomic mass is 9.73. The topological polar surface area (TPSA) is 68.8 Å². The highest BCUT2D eigenvalue weighted by molar-refractivity contribution is 5.91. The minimum Gasteiger partial charge on any atom is -0.496 e. The summed E-state index contributed by atoms with van der Waals surface area (Å²) in [5, 5.41) is 5.94. The number of amides is 2. The predicted molar refractivity (Wildman–Crippen MR) is 109 cm³/mol. The molecule has 0 bridgehead atoms. The average molecular weight is 384 g/mol. The molecule has 1 aliphatic heterocycles. The molecule has 28 heavy (non-hydrogen) atoms. The first-order chi connectivity index (χ1) is 13.7. The molecule has 3 rings (SSSR count). The van der Waals surface area contributed by atoms with Crippen molar-refractivity contribution in [1.29, 1.82) is 0 Å². The number of benzene rings is 2. The fourth-order valence-corrected chi connectivity index (χ4v) is 3.65. The van der Waals surface area contributed by atoms with Gasteiger partial charge in [-0.15, -0.1) is 0 Å². The van der Waals surface area contributed by atoms with Crippen molar-refractivity contribution in [2.24, 2.45) is 0 Å². The van der Waals surface area contributed by atoms with E-state index in [1.54, 1.807) is 7.11 Å². The molecule has 150 valence electrons. The second-order valence-corrected chi connectivity index (χ2v) is 6.83. The number of methoxy groups -OCH3 is 1. The number of anilines is 1. The van der Waals surface area contributed by atoms with E-state index >= 15 is 0 Å². The number of carbonyl (C=O) groups is 1. The van der Waals surface area contributed by atoms with Crippen molar-refractivity contribution in [3.8, 4) is 11.5 Å². The highest BCUT2D eigenvalue weighted by Gasteiger charge is 2.37. The monoisotopic (exact) mass is 384 g/mol. The molecule has 0 atom stereocenters. The zero-order valence-electron chi connectivity index (χ0n) is 16.5. The first-order valence-electron chi connectivity index (χ1n) is 9.66. The number of hydrogen-bond acceptors (Lipinski definition) is 4. The molecule has 0 unspecified atom stereocenters. The van der Waals surface area contributed by atoms with Crippen molar-refractivity contribution in [2.75, 3.05) is 38.8 Å². The normalized spacial score (nSPS) is 15.5. The van der Waals surface area contributed by atoms with Crippen LogP contribution >= 0.6 is 0 Å². The van der Waals surface area contributed by atoms with Crippen LogP contribution in [-0.4, -0.2) is 39.5 Å². The summed E-state index contributed by atoms with van der Waals surface area (Å²) in [7, 11) is 1.68. The Morgan fingerprint density at radius 1 is 1.07 bits per heavy atom. The van der Waals surface area contributed by atoms with Crippen molar-refractivity contribution in [2.45, 2.75) is 25.2 Å². The van der Waals surface area contributed by atoms with Gasteiger partial charge >= 0.3 is 6.03 Å². The molecule has 0 aliphatic carbocycles. The van der Waals surface area contributed by atoms with Crippen LogP contribution in [-0.2, 0) is 10.2 Å². The molecule has 0 radical (unpaired) electrons. The zero-order valence-corrected chi connectivity index (χ0v) is 16.5. The highest BCUT2D eigenvalue weighted by Crippen LogP contribution is 2.39. The summed E-state index contributed by atoms with van der Waals surface area (Å²) in [5.74, 6) is 1.50. The second-order valence-electron chi connectivity index (χ2n) is 6.83. The molecule has 2 N–H and O–H groups in total. The van der Waals surface area contributed by atoms with Crippen molar-refractivity contribution in [1.82, 2.24) is 5.32 Å². The molecular formula is C22H28N2O4. The van der Waals surface area contributed by atoms with Gasteiger partial charge in [-0.2, -0.15) is 0 Å². The maximum Gasteiger partial charge on any atom is 0.319 e. The first kappa shape index (κ1) is 20.0. The van der Waals surface area contributed by atoms with E-state index in [1.807, 2.05) is 49.4 Å². The lowest BCUT2D eigenvalue weighted by Gasteiger charge is -2.38. The van der Waals surface area contributed by atoms with Crippen LogP contribution in [0.25, 0.3) is 0 Å². The third-order valence-electron chi connectivity index (χ3n) is 5.15. The van der Waals surface area contributed by atoms with Crippen LogP contribution in [0.1, 0.15) is 25.3 Å². The van der Waals surface area contributed by atoms with Gasteiger partial charge in [0, 0.05) is 30.7 Å². The Morgan fingerprint density at radius 3 is 2.46 bits per heavy atom. The fraction of sp³-hybridized carbons (Fsp3) is 0.409. The largest absolute Gasteiger partial charge is 0.496 e. The third kappa shape index (κ3) is 4.57. The van der Waals surface area contributed by atoms with E-state index in [1.165, 1.54) is 0 Å².